The van der Waals surface area contributed by atoms with Gasteiger partial charge in [-0.15, -0.1) is 0 Å². The van der Waals surface area contributed by atoms with Gasteiger partial charge in [0.15, 0.2) is 4.98 Å². The Morgan fingerprint density at radius 3 is 2.71 bits per heavy atom. The second kappa shape index (κ2) is 6.28. The van der Waals surface area contributed by atoms with Crippen LogP contribution in [0.1, 0.15) is 23.7 Å². The van der Waals surface area contributed by atoms with E-state index in [9.17, 15) is 9.90 Å². The van der Waals surface area contributed by atoms with Crippen LogP contribution in [-0.2, 0) is 0 Å². The zero-order chi connectivity index (χ0) is 12.7. The zero-order valence-electron chi connectivity index (χ0n) is 9.50. The predicted molar refractivity (Wildman–Crippen MR) is 63.8 cm³/mol. The zero-order valence-corrected chi connectivity index (χ0v) is 9.50. The summed E-state index contributed by atoms with van der Waals surface area (Å²) in [7, 11) is 0. The van der Waals surface area contributed by atoms with Crippen molar-refractivity contribution in [2.45, 2.75) is 19.4 Å². The van der Waals surface area contributed by atoms with E-state index in [2.05, 4.69) is 10.3 Å². The normalized spacial score (nSPS) is 12.6. The summed E-state index contributed by atoms with van der Waals surface area (Å²) in [5.74, 6) is -0.463. The van der Waals surface area contributed by atoms with Crippen molar-refractivity contribution in [1.82, 2.24) is 5.32 Å². The Balaban J connectivity index is 2.74. The van der Waals surface area contributed by atoms with E-state index in [0.717, 1.165) is 6.20 Å². The van der Waals surface area contributed by atoms with Crippen molar-refractivity contribution in [2.24, 2.45) is 0 Å². The van der Waals surface area contributed by atoms with Crippen LogP contribution in [0.25, 0.3) is 4.98 Å². The highest BCUT2D eigenvalue weighted by atomic mass is 16.3. The monoisotopic (exact) mass is 232 g/mol. The second-order valence-corrected chi connectivity index (χ2v) is 3.47. The molecule has 88 valence electrons. The van der Waals surface area contributed by atoms with Crippen LogP contribution in [0, 0.1) is 5.39 Å². The Kier molecular flexibility index (Phi) is 4.70. The van der Waals surface area contributed by atoms with Crippen LogP contribution in [0.2, 0.25) is 0 Å². The maximum Gasteiger partial charge on any atom is 0.389 e. The first kappa shape index (κ1) is 12.7. The molecule has 0 saturated heterocycles. The van der Waals surface area contributed by atoms with Crippen molar-refractivity contribution >= 4 is 5.91 Å². The smallest absolute Gasteiger partial charge is 0.389 e. The molecule has 1 aromatic rings. The molecule has 0 aliphatic heterocycles. The number of diazo groups is 1. The second-order valence-electron chi connectivity index (χ2n) is 3.47. The molecule has 0 spiro atoms. The van der Waals surface area contributed by atoms with Crippen molar-refractivity contribution < 1.29 is 9.90 Å². The molecular formula is C12H14N3O2+. The van der Waals surface area contributed by atoms with E-state index in [1.54, 1.807) is 31.2 Å². The Labute approximate surface area is 99.4 Å². The van der Waals surface area contributed by atoms with Crippen molar-refractivity contribution in [3.8, 4) is 0 Å². The SMILES string of the molecule is CCC(NC(=O)c1ccccc1)/C(O)=C/[N+]#N. The van der Waals surface area contributed by atoms with E-state index in [1.165, 1.54) is 0 Å². The summed E-state index contributed by atoms with van der Waals surface area (Å²) in [6.45, 7) is 1.80. The van der Waals surface area contributed by atoms with Gasteiger partial charge < -0.3 is 10.4 Å². The molecule has 0 aliphatic carbocycles. The maximum absolute atomic E-state index is 11.8. The van der Waals surface area contributed by atoms with Gasteiger partial charge in [-0.25, -0.2) is 0 Å². The highest BCUT2D eigenvalue weighted by molar-refractivity contribution is 5.94. The summed E-state index contributed by atoms with van der Waals surface area (Å²) in [5, 5.41) is 20.4. The van der Waals surface area contributed by atoms with Crippen LogP contribution >= 0.6 is 0 Å². The lowest BCUT2D eigenvalue weighted by molar-refractivity contribution is 0.0932. The van der Waals surface area contributed by atoms with E-state index in [1.807, 2.05) is 6.07 Å². The van der Waals surface area contributed by atoms with Crippen LogP contribution < -0.4 is 5.32 Å². The van der Waals surface area contributed by atoms with E-state index >= 15 is 0 Å². The number of hydrogen-bond acceptors (Lipinski definition) is 3. The van der Waals surface area contributed by atoms with Crippen LogP contribution in [0.3, 0.4) is 0 Å². The molecule has 1 rings (SSSR count). The van der Waals surface area contributed by atoms with Gasteiger partial charge in [0.1, 0.15) is 0 Å². The first-order chi connectivity index (χ1) is 8.19. The van der Waals surface area contributed by atoms with Crippen LogP contribution in [0.4, 0.5) is 0 Å². The van der Waals surface area contributed by atoms with Gasteiger partial charge in [0.25, 0.3) is 5.91 Å². The molecule has 1 atom stereocenters. The van der Waals surface area contributed by atoms with E-state index in [4.69, 9.17) is 5.39 Å². The number of carbonyl (C=O) groups excluding carboxylic acids is 1. The molecule has 2 N–H and O–H groups in total. The lowest BCUT2D eigenvalue weighted by Crippen LogP contribution is -2.35. The van der Waals surface area contributed by atoms with Gasteiger partial charge in [-0.3, -0.25) is 4.79 Å². The first-order valence-electron chi connectivity index (χ1n) is 5.28. The molecule has 0 saturated carbocycles. The number of amides is 1. The summed E-state index contributed by atoms with van der Waals surface area (Å²) < 4.78 is 0. The van der Waals surface area contributed by atoms with Crippen molar-refractivity contribution in [3.05, 3.63) is 52.8 Å². The number of aliphatic hydroxyl groups excluding tert-OH is 1. The van der Waals surface area contributed by atoms with E-state index in [0.29, 0.717) is 12.0 Å². The van der Waals surface area contributed by atoms with Crippen LogP contribution in [0.5, 0.6) is 0 Å². The summed E-state index contributed by atoms with van der Waals surface area (Å²) in [6, 6.07) is 8.14. The highest BCUT2D eigenvalue weighted by Gasteiger charge is 2.18. The molecule has 0 heterocycles. The number of rotatable bonds is 4. The molecule has 0 aromatic heterocycles. The third kappa shape index (κ3) is 3.61. The number of aliphatic hydroxyl groups is 1. The van der Waals surface area contributed by atoms with E-state index < -0.39 is 6.04 Å². The number of nitrogens with zero attached hydrogens (tertiary/aromatic N) is 2. The molecule has 1 unspecified atom stereocenters. The van der Waals surface area contributed by atoms with Gasteiger partial charge in [0.2, 0.25) is 11.2 Å². The highest BCUT2D eigenvalue weighted by Crippen LogP contribution is 2.06. The summed E-state index contributed by atoms with van der Waals surface area (Å²) in [4.78, 5) is 14.5. The number of benzene rings is 1. The van der Waals surface area contributed by atoms with Gasteiger partial charge >= 0.3 is 6.20 Å². The maximum atomic E-state index is 11.8. The number of hydrogen-bond donors (Lipinski definition) is 2. The van der Waals surface area contributed by atoms with Crippen molar-refractivity contribution in [2.75, 3.05) is 0 Å². The Hall–Kier alpha value is -2.35. The molecule has 0 fully saturated rings. The van der Waals surface area contributed by atoms with Crippen LogP contribution in [0.15, 0.2) is 42.3 Å². The lowest BCUT2D eigenvalue weighted by Gasteiger charge is -2.13. The third-order valence-electron chi connectivity index (χ3n) is 2.30. The predicted octanol–water partition coefficient (Wildman–Crippen LogP) is 2.45. The Morgan fingerprint density at radius 2 is 2.18 bits per heavy atom. The fourth-order valence-corrected chi connectivity index (χ4v) is 1.37. The molecule has 0 bridgehead atoms. The summed E-state index contributed by atoms with van der Waals surface area (Å²) in [5.41, 5.74) is 0.514. The van der Waals surface area contributed by atoms with Crippen LogP contribution in [-0.4, -0.2) is 17.1 Å². The van der Waals surface area contributed by atoms with Gasteiger partial charge in [0, 0.05) is 5.56 Å². The molecule has 1 aromatic carbocycles. The topological polar surface area (TPSA) is 77.5 Å². The molecule has 5 nitrogen and oxygen atoms in total. The standard InChI is InChI=1S/C12H13N3O2/c1-2-10(11(16)8-14-13)15-12(17)9-6-4-3-5-7-9/h3-8,10H,2H2,1H3,(H-,15,16,17)/p+1/b11-8-. The summed E-state index contributed by atoms with van der Waals surface area (Å²) >= 11 is 0. The number of nitrogens with one attached hydrogen (secondary N) is 1. The minimum atomic E-state index is -0.557. The van der Waals surface area contributed by atoms with Gasteiger partial charge in [0.05, 0.1) is 6.04 Å². The van der Waals surface area contributed by atoms with Crippen molar-refractivity contribution in [3.63, 3.8) is 0 Å². The third-order valence-corrected chi connectivity index (χ3v) is 2.30. The average Bonchev–Trinajstić information content (AvgIpc) is 2.37. The minimum Gasteiger partial charge on any atom is -0.504 e. The largest absolute Gasteiger partial charge is 0.504 e. The van der Waals surface area contributed by atoms with Gasteiger partial charge in [-0.2, -0.15) is 0 Å². The molecular weight excluding hydrogens is 218 g/mol. The Bertz CT molecular complexity index is 449. The molecule has 0 radical (unpaired) electrons. The Morgan fingerprint density at radius 1 is 1.53 bits per heavy atom. The molecule has 5 heteroatoms. The first-order valence-corrected chi connectivity index (χ1v) is 5.28. The molecule has 17 heavy (non-hydrogen) atoms. The molecule has 1 amide bonds. The quantitative estimate of drug-likeness (QED) is 0.618. The number of carbonyl (C=O) groups is 1. The fourth-order valence-electron chi connectivity index (χ4n) is 1.37. The fraction of sp³-hybridized carbons (Fsp3) is 0.250. The van der Waals surface area contributed by atoms with Gasteiger partial charge in [-0.05, 0) is 18.6 Å². The van der Waals surface area contributed by atoms with E-state index in [-0.39, 0.29) is 11.7 Å². The average molecular weight is 232 g/mol. The lowest BCUT2D eigenvalue weighted by atomic mass is 10.1. The molecule has 0 aliphatic rings. The minimum absolute atomic E-state index is 0.181. The van der Waals surface area contributed by atoms with Gasteiger partial charge in [-0.1, -0.05) is 25.1 Å². The summed E-state index contributed by atoms with van der Waals surface area (Å²) in [6.07, 6.45) is 1.40. The van der Waals surface area contributed by atoms with Crippen molar-refractivity contribution in [1.29, 1.82) is 5.39 Å².